The molecule has 0 amide bonds. The summed E-state index contributed by atoms with van der Waals surface area (Å²) in [7, 11) is -1.19. The van der Waals surface area contributed by atoms with Gasteiger partial charge in [0, 0.05) is 6.42 Å². The van der Waals surface area contributed by atoms with Crippen LogP contribution in [0.5, 0.6) is 0 Å². The molecule has 0 atom stereocenters. The van der Waals surface area contributed by atoms with Crippen LogP contribution >= 0.6 is 0 Å². The molecule has 1 aliphatic rings. The van der Waals surface area contributed by atoms with Crippen molar-refractivity contribution in [1.82, 2.24) is 4.57 Å². The van der Waals surface area contributed by atoms with Crippen LogP contribution in [0.15, 0.2) is 0 Å². The average molecular weight is 171 g/mol. The second-order valence-electron chi connectivity index (χ2n) is 4.23. The third kappa shape index (κ3) is 2.41. The Morgan fingerprint density at radius 2 is 2.00 bits per heavy atom. The molecule has 0 spiro atoms. The lowest BCUT2D eigenvalue weighted by molar-refractivity contribution is -0.120. The monoisotopic (exact) mass is 171 g/mol. The van der Waals surface area contributed by atoms with Crippen LogP contribution < -0.4 is 0 Å². The van der Waals surface area contributed by atoms with Crippen molar-refractivity contribution >= 4 is 14.0 Å². The van der Waals surface area contributed by atoms with Gasteiger partial charge in [-0.05, 0) is 13.0 Å². The minimum absolute atomic E-state index is 0.429. The molecule has 3 heteroatoms. The predicted molar refractivity (Wildman–Crippen MR) is 49.2 cm³/mol. The topological polar surface area (TPSA) is 20.3 Å². The summed E-state index contributed by atoms with van der Waals surface area (Å²) in [5.41, 5.74) is 0. The predicted octanol–water partition coefficient (Wildman–Crippen LogP) is 1.49. The van der Waals surface area contributed by atoms with Crippen LogP contribution in [0.3, 0.4) is 0 Å². The molecular weight excluding hydrogens is 154 g/mol. The fourth-order valence-corrected chi connectivity index (χ4v) is 2.89. The number of carbonyl (C=O) groups excluding carboxylic acids is 1. The van der Waals surface area contributed by atoms with Crippen LogP contribution in [0.2, 0.25) is 19.6 Å². The maximum Gasteiger partial charge on any atom is 0.146 e. The fraction of sp³-hybridized carbons (Fsp3) is 0.875. The van der Waals surface area contributed by atoms with E-state index in [9.17, 15) is 4.79 Å². The smallest absolute Gasteiger partial charge is 0.146 e. The Morgan fingerprint density at radius 3 is 2.36 bits per heavy atom. The number of hydrogen-bond donors (Lipinski definition) is 0. The Hall–Kier alpha value is -0.153. The van der Waals surface area contributed by atoms with Crippen molar-refractivity contribution in [1.29, 1.82) is 0 Å². The summed E-state index contributed by atoms with van der Waals surface area (Å²) in [6, 6.07) is 0. The third-order valence-corrected chi connectivity index (χ3v) is 4.48. The van der Waals surface area contributed by atoms with Crippen molar-refractivity contribution in [2.75, 3.05) is 13.1 Å². The van der Waals surface area contributed by atoms with Gasteiger partial charge in [0.25, 0.3) is 0 Å². The molecule has 1 rings (SSSR count). The summed E-state index contributed by atoms with van der Waals surface area (Å²) in [5, 5.41) is 0. The second kappa shape index (κ2) is 3.07. The number of carbonyl (C=O) groups is 1. The van der Waals surface area contributed by atoms with Gasteiger partial charge in [-0.25, -0.2) is 0 Å². The van der Waals surface area contributed by atoms with Crippen molar-refractivity contribution in [2.45, 2.75) is 32.5 Å². The number of rotatable bonds is 1. The molecular formula is C8H17NOSi. The van der Waals surface area contributed by atoms with Gasteiger partial charge < -0.3 is 4.57 Å². The molecule has 0 N–H and O–H groups in total. The molecule has 0 bridgehead atoms. The van der Waals surface area contributed by atoms with Gasteiger partial charge >= 0.3 is 0 Å². The van der Waals surface area contributed by atoms with Gasteiger partial charge in [0.15, 0.2) is 0 Å². The SMILES string of the molecule is C[Si](C)(C)N1CCCC(=O)C1. The summed E-state index contributed by atoms with van der Waals surface area (Å²) in [6.07, 6.45) is 1.88. The summed E-state index contributed by atoms with van der Waals surface area (Å²) in [4.78, 5) is 11.1. The first-order valence-electron chi connectivity index (χ1n) is 4.27. The zero-order valence-corrected chi connectivity index (χ0v) is 8.68. The van der Waals surface area contributed by atoms with E-state index in [1.54, 1.807) is 0 Å². The third-order valence-electron chi connectivity index (χ3n) is 2.20. The van der Waals surface area contributed by atoms with E-state index in [0.717, 1.165) is 25.9 Å². The van der Waals surface area contributed by atoms with E-state index in [-0.39, 0.29) is 0 Å². The second-order valence-corrected chi connectivity index (χ2v) is 9.21. The van der Waals surface area contributed by atoms with Crippen LogP contribution in [0.1, 0.15) is 12.8 Å². The molecule has 1 aliphatic heterocycles. The van der Waals surface area contributed by atoms with Gasteiger partial charge in [-0.15, -0.1) is 0 Å². The van der Waals surface area contributed by atoms with E-state index in [2.05, 4.69) is 24.2 Å². The highest BCUT2D eigenvalue weighted by Crippen LogP contribution is 2.14. The maximum atomic E-state index is 11.1. The van der Waals surface area contributed by atoms with Crippen molar-refractivity contribution < 1.29 is 4.79 Å². The summed E-state index contributed by atoms with van der Waals surface area (Å²) < 4.78 is 2.39. The van der Waals surface area contributed by atoms with Gasteiger partial charge in [-0.2, -0.15) is 0 Å². The summed E-state index contributed by atoms with van der Waals surface area (Å²) in [6.45, 7) is 8.75. The summed E-state index contributed by atoms with van der Waals surface area (Å²) in [5.74, 6) is 0.429. The first-order valence-corrected chi connectivity index (χ1v) is 7.71. The van der Waals surface area contributed by atoms with E-state index >= 15 is 0 Å². The van der Waals surface area contributed by atoms with Gasteiger partial charge in [0.1, 0.15) is 14.0 Å². The molecule has 64 valence electrons. The minimum Gasteiger partial charge on any atom is -0.317 e. The maximum absolute atomic E-state index is 11.1. The lowest BCUT2D eigenvalue weighted by Crippen LogP contribution is -2.51. The van der Waals surface area contributed by atoms with E-state index in [1.807, 2.05) is 0 Å². The van der Waals surface area contributed by atoms with E-state index < -0.39 is 8.24 Å². The van der Waals surface area contributed by atoms with Crippen LogP contribution in [-0.4, -0.2) is 31.7 Å². The number of piperidine rings is 1. The van der Waals surface area contributed by atoms with E-state index in [0.29, 0.717) is 5.78 Å². The average Bonchev–Trinajstić information content (AvgIpc) is 1.86. The quantitative estimate of drug-likeness (QED) is 0.557. The van der Waals surface area contributed by atoms with Crippen LogP contribution in [0.4, 0.5) is 0 Å². The number of Topliss-reactive ketones (excluding diaryl/α,β-unsaturated/α-hetero) is 1. The van der Waals surface area contributed by atoms with Gasteiger partial charge in [0.05, 0.1) is 6.54 Å². The zero-order chi connectivity index (χ0) is 8.48. The van der Waals surface area contributed by atoms with Crippen LogP contribution in [0, 0.1) is 0 Å². The molecule has 0 unspecified atom stereocenters. The molecule has 0 aliphatic carbocycles. The molecule has 11 heavy (non-hydrogen) atoms. The largest absolute Gasteiger partial charge is 0.317 e. The van der Waals surface area contributed by atoms with Crippen molar-refractivity contribution in [2.24, 2.45) is 0 Å². The molecule has 0 radical (unpaired) electrons. The lowest BCUT2D eigenvalue weighted by atomic mass is 10.1. The first kappa shape index (κ1) is 8.94. The number of ketones is 1. The van der Waals surface area contributed by atoms with E-state index in [1.165, 1.54) is 0 Å². The van der Waals surface area contributed by atoms with E-state index in [4.69, 9.17) is 0 Å². The molecule has 2 nitrogen and oxygen atoms in total. The number of nitrogens with zero attached hydrogens (tertiary/aromatic N) is 1. The standard InChI is InChI=1S/C8H17NOSi/c1-11(2,3)9-6-4-5-8(10)7-9/h4-7H2,1-3H3. The molecule has 1 heterocycles. The molecule has 1 saturated heterocycles. The fourth-order valence-electron chi connectivity index (χ4n) is 1.41. The Kier molecular flexibility index (Phi) is 2.49. The lowest BCUT2D eigenvalue weighted by Gasteiger charge is -2.36. The highest BCUT2D eigenvalue weighted by atomic mass is 28.3. The molecule has 0 saturated carbocycles. The van der Waals surface area contributed by atoms with Gasteiger partial charge in [-0.1, -0.05) is 19.6 Å². The van der Waals surface area contributed by atoms with Crippen LogP contribution in [0.25, 0.3) is 0 Å². The molecule has 0 aromatic heterocycles. The minimum atomic E-state index is -1.19. The number of hydrogen-bond acceptors (Lipinski definition) is 2. The highest BCUT2D eigenvalue weighted by Gasteiger charge is 2.27. The zero-order valence-electron chi connectivity index (χ0n) is 7.68. The molecule has 1 fully saturated rings. The molecule has 0 aromatic rings. The Morgan fingerprint density at radius 1 is 1.36 bits per heavy atom. The van der Waals surface area contributed by atoms with Crippen molar-refractivity contribution in [3.63, 3.8) is 0 Å². The Labute approximate surface area is 69.7 Å². The normalized spacial score (nSPS) is 22.3. The Balaban J connectivity index is 2.53. The summed E-state index contributed by atoms with van der Waals surface area (Å²) >= 11 is 0. The van der Waals surface area contributed by atoms with Crippen molar-refractivity contribution in [3.8, 4) is 0 Å². The van der Waals surface area contributed by atoms with Gasteiger partial charge in [-0.3, -0.25) is 4.79 Å². The molecule has 0 aromatic carbocycles. The van der Waals surface area contributed by atoms with Crippen LogP contribution in [-0.2, 0) is 4.79 Å². The van der Waals surface area contributed by atoms with Gasteiger partial charge in [0.2, 0.25) is 0 Å². The highest BCUT2D eigenvalue weighted by molar-refractivity contribution is 6.73. The first-order chi connectivity index (χ1) is 5.00. The van der Waals surface area contributed by atoms with Crippen molar-refractivity contribution in [3.05, 3.63) is 0 Å². The Bertz CT molecular complexity index is 162.